The summed E-state index contributed by atoms with van der Waals surface area (Å²) >= 11 is 0. The van der Waals surface area contributed by atoms with E-state index in [0.717, 1.165) is 25.1 Å². The van der Waals surface area contributed by atoms with E-state index in [9.17, 15) is 4.79 Å². The molecule has 20 heavy (non-hydrogen) atoms. The average molecular weight is 275 g/mol. The van der Waals surface area contributed by atoms with Crippen LogP contribution in [0, 0.1) is 0 Å². The van der Waals surface area contributed by atoms with E-state index >= 15 is 0 Å². The second-order valence-electron chi connectivity index (χ2n) is 5.53. The summed E-state index contributed by atoms with van der Waals surface area (Å²) in [6.45, 7) is 5.16. The zero-order valence-corrected chi connectivity index (χ0v) is 12.6. The lowest BCUT2D eigenvalue weighted by atomic mass is 9.92. The van der Waals surface area contributed by atoms with Crippen LogP contribution in [0.15, 0.2) is 24.3 Å². The van der Waals surface area contributed by atoms with Gasteiger partial charge in [-0.15, -0.1) is 0 Å². The quantitative estimate of drug-likeness (QED) is 0.865. The Bertz CT molecular complexity index is 457. The lowest BCUT2D eigenvalue weighted by Gasteiger charge is -2.34. The second kappa shape index (κ2) is 6.75. The lowest BCUT2D eigenvalue weighted by molar-refractivity contribution is 0.169. The Morgan fingerprint density at radius 2 is 2.20 bits per heavy atom. The van der Waals surface area contributed by atoms with Crippen molar-refractivity contribution in [2.24, 2.45) is 0 Å². The summed E-state index contributed by atoms with van der Waals surface area (Å²) in [5.41, 5.74) is 2.05. The van der Waals surface area contributed by atoms with Crippen LogP contribution in [0.3, 0.4) is 0 Å². The van der Waals surface area contributed by atoms with Crippen LogP contribution in [0.1, 0.15) is 44.7 Å². The van der Waals surface area contributed by atoms with Crippen molar-refractivity contribution in [2.45, 2.75) is 45.2 Å². The second-order valence-corrected chi connectivity index (χ2v) is 5.53. The number of anilines is 1. The minimum absolute atomic E-state index is 0.0112. The molecule has 1 saturated carbocycles. The van der Waals surface area contributed by atoms with Crippen LogP contribution in [0.4, 0.5) is 10.5 Å². The zero-order valence-electron chi connectivity index (χ0n) is 12.6. The van der Waals surface area contributed by atoms with Crippen molar-refractivity contribution in [3.63, 3.8) is 0 Å². The fourth-order valence-corrected chi connectivity index (χ4v) is 2.46. The summed E-state index contributed by atoms with van der Waals surface area (Å²) < 4.78 is 0. The number of rotatable bonds is 5. The summed E-state index contributed by atoms with van der Waals surface area (Å²) in [6.07, 6.45) is 3.49. The van der Waals surface area contributed by atoms with E-state index < -0.39 is 0 Å². The highest BCUT2D eigenvalue weighted by atomic mass is 16.2. The van der Waals surface area contributed by atoms with Gasteiger partial charge in [0, 0.05) is 24.8 Å². The van der Waals surface area contributed by atoms with Gasteiger partial charge in [-0.3, -0.25) is 0 Å². The largest absolute Gasteiger partial charge is 0.325 e. The number of urea groups is 1. The van der Waals surface area contributed by atoms with Gasteiger partial charge >= 0.3 is 6.03 Å². The Morgan fingerprint density at radius 1 is 1.45 bits per heavy atom. The molecule has 1 aliphatic rings. The number of amides is 2. The van der Waals surface area contributed by atoms with Crippen LogP contribution in [-0.4, -0.2) is 30.6 Å². The molecule has 0 aromatic heterocycles. The monoisotopic (exact) mass is 275 g/mol. The molecule has 4 heteroatoms. The Balaban J connectivity index is 1.98. The van der Waals surface area contributed by atoms with E-state index in [-0.39, 0.29) is 6.03 Å². The van der Waals surface area contributed by atoms with Gasteiger partial charge in [-0.1, -0.05) is 19.1 Å². The highest BCUT2D eigenvalue weighted by molar-refractivity contribution is 5.89. The van der Waals surface area contributed by atoms with Crippen molar-refractivity contribution in [1.29, 1.82) is 0 Å². The zero-order chi connectivity index (χ0) is 14.5. The maximum atomic E-state index is 12.2. The summed E-state index contributed by atoms with van der Waals surface area (Å²) in [4.78, 5) is 14.0. The topological polar surface area (TPSA) is 44.4 Å². The van der Waals surface area contributed by atoms with Crippen molar-refractivity contribution < 1.29 is 4.79 Å². The molecular formula is C16H25N3O. The first kappa shape index (κ1) is 14.9. The summed E-state index contributed by atoms with van der Waals surface area (Å²) in [5, 5.41) is 6.37. The molecule has 2 N–H and O–H groups in total. The van der Waals surface area contributed by atoms with Gasteiger partial charge in [-0.05, 0) is 50.4 Å². The third-order valence-electron chi connectivity index (χ3n) is 4.09. The predicted octanol–water partition coefficient (Wildman–Crippen LogP) is 3.37. The number of benzene rings is 1. The van der Waals surface area contributed by atoms with Crippen molar-refractivity contribution in [3.8, 4) is 0 Å². The van der Waals surface area contributed by atoms with Crippen LogP contribution in [0.25, 0.3) is 0 Å². The summed E-state index contributed by atoms with van der Waals surface area (Å²) in [6, 6.07) is 8.75. The highest BCUT2D eigenvalue weighted by Crippen LogP contribution is 2.24. The summed E-state index contributed by atoms with van der Waals surface area (Å²) in [5.74, 6) is 0. The molecule has 4 nitrogen and oxygen atoms in total. The fraction of sp³-hybridized carbons (Fsp3) is 0.562. The van der Waals surface area contributed by atoms with Gasteiger partial charge in [0.25, 0.3) is 0 Å². The average Bonchev–Trinajstić information content (AvgIpc) is 2.37. The van der Waals surface area contributed by atoms with Crippen molar-refractivity contribution in [2.75, 3.05) is 18.9 Å². The van der Waals surface area contributed by atoms with Crippen molar-refractivity contribution in [1.82, 2.24) is 10.2 Å². The van der Waals surface area contributed by atoms with Gasteiger partial charge in [-0.25, -0.2) is 4.79 Å². The van der Waals surface area contributed by atoms with Crippen LogP contribution in [-0.2, 0) is 0 Å². The third-order valence-corrected chi connectivity index (χ3v) is 4.09. The first-order valence-corrected chi connectivity index (χ1v) is 7.49. The molecule has 0 aliphatic heterocycles. The first-order chi connectivity index (χ1) is 9.61. The molecule has 1 unspecified atom stereocenters. The number of nitrogens with zero attached hydrogens (tertiary/aromatic N) is 1. The van der Waals surface area contributed by atoms with Gasteiger partial charge in [0.1, 0.15) is 0 Å². The SMILES string of the molecule is CCNC(C)c1cccc(NC(=O)N(C)C2CCC2)c1. The molecule has 2 rings (SSSR count). The van der Waals surface area contributed by atoms with Gasteiger partial charge in [0.05, 0.1) is 0 Å². The van der Waals surface area contributed by atoms with Crippen LogP contribution >= 0.6 is 0 Å². The van der Waals surface area contributed by atoms with Crippen molar-refractivity contribution >= 4 is 11.7 Å². The third kappa shape index (κ3) is 3.51. The number of carbonyl (C=O) groups is 1. The summed E-state index contributed by atoms with van der Waals surface area (Å²) in [7, 11) is 1.88. The predicted molar refractivity (Wildman–Crippen MR) is 83.0 cm³/mol. The number of hydrogen-bond donors (Lipinski definition) is 2. The standard InChI is InChI=1S/C16H25N3O/c1-4-17-12(2)13-7-5-8-14(11-13)18-16(20)19(3)15-9-6-10-15/h5,7-8,11-12,15,17H,4,6,9-10H2,1-3H3,(H,18,20). The number of nitrogens with one attached hydrogen (secondary N) is 2. The molecule has 1 aliphatic carbocycles. The van der Waals surface area contributed by atoms with Gasteiger partial charge in [0.15, 0.2) is 0 Å². The maximum absolute atomic E-state index is 12.2. The molecular weight excluding hydrogens is 250 g/mol. The Hall–Kier alpha value is -1.55. The number of hydrogen-bond acceptors (Lipinski definition) is 2. The van der Waals surface area contributed by atoms with E-state index in [1.54, 1.807) is 0 Å². The van der Waals surface area contributed by atoms with Gasteiger partial charge in [0.2, 0.25) is 0 Å². The molecule has 0 spiro atoms. The molecule has 0 heterocycles. The first-order valence-electron chi connectivity index (χ1n) is 7.49. The molecule has 1 fully saturated rings. The molecule has 110 valence electrons. The van der Waals surface area contributed by atoms with Crippen LogP contribution < -0.4 is 10.6 Å². The van der Waals surface area contributed by atoms with E-state index in [2.05, 4.69) is 30.5 Å². The Morgan fingerprint density at radius 3 is 2.80 bits per heavy atom. The van der Waals surface area contributed by atoms with Crippen molar-refractivity contribution in [3.05, 3.63) is 29.8 Å². The van der Waals surface area contributed by atoms with Gasteiger partial charge < -0.3 is 15.5 Å². The molecule has 1 atom stereocenters. The molecule has 1 aromatic rings. The lowest BCUT2D eigenvalue weighted by Crippen LogP contribution is -2.43. The van der Waals surface area contributed by atoms with Gasteiger partial charge in [-0.2, -0.15) is 0 Å². The molecule has 1 aromatic carbocycles. The molecule has 0 saturated heterocycles. The normalized spacial score (nSPS) is 16.4. The van der Waals surface area contributed by atoms with E-state index in [0.29, 0.717) is 12.1 Å². The van der Waals surface area contributed by atoms with E-state index in [1.165, 1.54) is 12.0 Å². The molecule has 2 amide bonds. The fourth-order valence-electron chi connectivity index (χ4n) is 2.46. The highest BCUT2D eigenvalue weighted by Gasteiger charge is 2.25. The Kier molecular flexibility index (Phi) is 5.01. The minimum atomic E-state index is -0.0112. The van der Waals surface area contributed by atoms with Crippen LogP contribution in [0.5, 0.6) is 0 Å². The van der Waals surface area contributed by atoms with Crippen LogP contribution in [0.2, 0.25) is 0 Å². The van der Waals surface area contributed by atoms with E-state index in [1.807, 2.05) is 30.1 Å². The molecule has 0 radical (unpaired) electrons. The molecule has 0 bridgehead atoms. The smallest absolute Gasteiger partial charge is 0.321 e. The van der Waals surface area contributed by atoms with E-state index in [4.69, 9.17) is 0 Å². The minimum Gasteiger partial charge on any atom is -0.325 e. The number of carbonyl (C=O) groups excluding carboxylic acids is 1. The maximum Gasteiger partial charge on any atom is 0.321 e. The Labute approximate surface area is 121 Å².